The maximum atomic E-state index is 12.4. The van der Waals surface area contributed by atoms with Gasteiger partial charge in [-0.3, -0.25) is 0 Å². The molecular weight excluding hydrogens is 284 g/mol. The van der Waals surface area contributed by atoms with Crippen molar-refractivity contribution in [3.8, 4) is 0 Å². The molecule has 0 saturated carbocycles. The van der Waals surface area contributed by atoms with Gasteiger partial charge in [0.15, 0.2) is 0 Å². The van der Waals surface area contributed by atoms with Crippen LogP contribution in [0.25, 0.3) is 0 Å². The lowest BCUT2D eigenvalue weighted by Crippen LogP contribution is -2.24. The van der Waals surface area contributed by atoms with Crippen molar-refractivity contribution >= 4 is 17.8 Å². The Bertz CT molecular complexity index is 553. The topological polar surface area (TPSA) is 71.6 Å². The molecule has 1 N–H and O–H groups in total. The van der Waals surface area contributed by atoms with Crippen molar-refractivity contribution in [2.45, 2.75) is 46.6 Å². The Hall–Kier alpha value is -1.98. The van der Waals surface area contributed by atoms with Gasteiger partial charge in [-0.1, -0.05) is 6.92 Å². The smallest absolute Gasteiger partial charge is 0.355 e. The minimum absolute atomic E-state index is 0.280. The summed E-state index contributed by atoms with van der Waals surface area (Å²) in [6.45, 7) is 9.33. The molecule has 0 radical (unpaired) electrons. The molecule has 0 spiro atoms. The number of H-pyrrole nitrogens is 1. The molecule has 0 aromatic carbocycles. The number of esters is 2. The number of carbonyl (C=O) groups excluding carboxylic acids is 2. The Labute approximate surface area is 131 Å². The Morgan fingerprint density at radius 2 is 1.73 bits per heavy atom. The third kappa shape index (κ3) is 4.02. The third-order valence-electron chi connectivity index (χ3n) is 2.97. The highest BCUT2D eigenvalue weighted by atomic mass is 16.6. The van der Waals surface area contributed by atoms with Crippen molar-refractivity contribution < 1.29 is 19.1 Å². The van der Waals surface area contributed by atoms with Gasteiger partial charge in [0.25, 0.3) is 0 Å². The molecule has 124 valence electrons. The van der Waals surface area contributed by atoms with Crippen LogP contribution in [0.3, 0.4) is 0 Å². The zero-order chi connectivity index (χ0) is 17.1. The van der Waals surface area contributed by atoms with E-state index < -0.39 is 17.5 Å². The highest BCUT2D eigenvalue weighted by molar-refractivity contribution is 6.02. The minimum Gasteiger partial charge on any atom is -0.462 e. The number of rotatable bonds is 5. The van der Waals surface area contributed by atoms with Gasteiger partial charge in [-0.2, -0.15) is 0 Å². The van der Waals surface area contributed by atoms with Crippen LogP contribution in [0.4, 0.5) is 5.82 Å². The lowest BCUT2D eigenvalue weighted by Gasteiger charge is -2.19. The first-order valence-corrected chi connectivity index (χ1v) is 7.45. The normalized spacial score (nSPS) is 11.2. The van der Waals surface area contributed by atoms with Gasteiger partial charge < -0.3 is 19.4 Å². The summed E-state index contributed by atoms with van der Waals surface area (Å²) in [5.41, 5.74) is 0.728. The maximum Gasteiger partial charge on any atom is 0.355 e. The van der Waals surface area contributed by atoms with Crippen LogP contribution in [0.15, 0.2) is 0 Å². The van der Waals surface area contributed by atoms with Gasteiger partial charge in [0.1, 0.15) is 22.7 Å². The van der Waals surface area contributed by atoms with E-state index in [0.29, 0.717) is 29.1 Å². The van der Waals surface area contributed by atoms with Crippen LogP contribution in [-0.4, -0.2) is 43.2 Å². The summed E-state index contributed by atoms with van der Waals surface area (Å²) in [5.74, 6) is -0.353. The second-order valence-electron chi connectivity index (χ2n) is 6.17. The molecule has 0 fully saturated rings. The predicted octanol–water partition coefficient (Wildman–Crippen LogP) is 2.78. The summed E-state index contributed by atoms with van der Waals surface area (Å²) in [6, 6.07) is 0. The van der Waals surface area contributed by atoms with E-state index in [0.717, 1.165) is 0 Å². The molecule has 0 amide bonds. The zero-order valence-corrected chi connectivity index (χ0v) is 14.5. The van der Waals surface area contributed by atoms with Crippen molar-refractivity contribution in [2.24, 2.45) is 0 Å². The number of aromatic amines is 1. The molecule has 6 heteroatoms. The molecule has 1 aromatic heterocycles. The van der Waals surface area contributed by atoms with Crippen LogP contribution < -0.4 is 4.90 Å². The largest absolute Gasteiger partial charge is 0.462 e. The number of anilines is 1. The lowest BCUT2D eigenvalue weighted by molar-refractivity contribution is 0.00625. The van der Waals surface area contributed by atoms with E-state index in [1.165, 1.54) is 0 Å². The quantitative estimate of drug-likeness (QED) is 0.847. The van der Waals surface area contributed by atoms with Crippen LogP contribution in [0.5, 0.6) is 0 Å². The van der Waals surface area contributed by atoms with Crippen molar-refractivity contribution in [1.82, 2.24) is 4.98 Å². The number of hydrogen-bond donors (Lipinski definition) is 1. The Balaban J connectivity index is 3.38. The number of nitrogens with zero attached hydrogens (tertiary/aromatic N) is 1. The van der Waals surface area contributed by atoms with Crippen molar-refractivity contribution in [2.75, 3.05) is 25.6 Å². The average Bonchev–Trinajstić information content (AvgIpc) is 2.76. The molecule has 6 nitrogen and oxygen atoms in total. The Kier molecular flexibility index (Phi) is 5.63. The van der Waals surface area contributed by atoms with Crippen LogP contribution in [-0.2, 0) is 15.9 Å². The molecule has 0 aliphatic carbocycles. The van der Waals surface area contributed by atoms with Gasteiger partial charge in [0, 0.05) is 19.7 Å². The second kappa shape index (κ2) is 6.85. The predicted molar refractivity (Wildman–Crippen MR) is 85.6 cm³/mol. The SMILES string of the molecule is CCOC(=O)c1c(N(C)C)[nH]c(C(=O)OC(C)(C)C)c1CC. The summed E-state index contributed by atoms with van der Waals surface area (Å²) >= 11 is 0. The van der Waals surface area contributed by atoms with Crippen LogP contribution in [0.1, 0.15) is 61.0 Å². The fraction of sp³-hybridized carbons (Fsp3) is 0.625. The maximum absolute atomic E-state index is 12.4. The highest BCUT2D eigenvalue weighted by Gasteiger charge is 2.29. The average molecular weight is 310 g/mol. The van der Waals surface area contributed by atoms with E-state index in [4.69, 9.17) is 9.47 Å². The first kappa shape index (κ1) is 18.1. The van der Waals surface area contributed by atoms with Crippen molar-refractivity contribution in [3.63, 3.8) is 0 Å². The molecule has 0 aliphatic heterocycles. The number of hydrogen-bond acceptors (Lipinski definition) is 5. The van der Waals surface area contributed by atoms with Gasteiger partial charge in [0.2, 0.25) is 0 Å². The zero-order valence-electron chi connectivity index (χ0n) is 14.5. The first-order valence-electron chi connectivity index (χ1n) is 7.45. The number of ether oxygens (including phenoxy) is 2. The molecule has 22 heavy (non-hydrogen) atoms. The van der Waals surface area contributed by atoms with Crippen LogP contribution in [0, 0.1) is 0 Å². The monoisotopic (exact) mass is 310 g/mol. The van der Waals surface area contributed by atoms with E-state index in [-0.39, 0.29) is 6.61 Å². The van der Waals surface area contributed by atoms with Gasteiger partial charge in [-0.05, 0) is 34.1 Å². The summed E-state index contributed by atoms with van der Waals surface area (Å²) < 4.78 is 10.5. The van der Waals surface area contributed by atoms with Gasteiger partial charge in [-0.15, -0.1) is 0 Å². The highest BCUT2D eigenvalue weighted by Crippen LogP contribution is 2.28. The second-order valence-corrected chi connectivity index (χ2v) is 6.17. The lowest BCUT2D eigenvalue weighted by atomic mass is 10.1. The number of carbonyl (C=O) groups is 2. The van der Waals surface area contributed by atoms with Crippen LogP contribution in [0.2, 0.25) is 0 Å². The van der Waals surface area contributed by atoms with E-state index in [1.807, 2.05) is 6.92 Å². The van der Waals surface area contributed by atoms with E-state index in [1.54, 1.807) is 46.7 Å². The molecular formula is C16H26N2O4. The number of aromatic nitrogens is 1. The van der Waals surface area contributed by atoms with E-state index in [9.17, 15) is 9.59 Å². The fourth-order valence-electron chi connectivity index (χ4n) is 2.14. The Morgan fingerprint density at radius 3 is 2.14 bits per heavy atom. The van der Waals surface area contributed by atoms with Crippen molar-refractivity contribution in [1.29, 1.82) is 0 Å². The molecule has 0 bridgehead atoms. The molecule has 1 heterocycles. The summed E-state index contributed by atoms with van der Waals surface area (Å²) in [6.07, 6.45) is 0.521. The molecule has 0 saturated heterocycles. The van der Waals surface area contributed by atoms with Gasteiger partial charge in [0.05, 0.1) is 6.61 Å². The van der Waals surface area contributed by atoms with Crippen molar-refractivity contribution in [3.05, 3.63) is 16.8 Å². The third-order valence-corrected chi connectivity index (χ3v) is 2.97. The summed E-state index contributed by atoms with van der Waals surface area (Å²) in [4.78, 5) is 29.4. The van der Waals surface area contributed by atoms with E-state index >= 15 is 0 Å². The minimum atomic E-state index is -0.602. The molecule has 1 rings (SSSR count). The summed E-state index contributed by atoms with van der Waals surface area (Å²) in [7, 11) is 3.60. The molecule has 0 unspecified atom stereocenters. The Morgan fingerprint density at radius 1 is 1.14 bits per heavy atom. The van der Waals surface area contributed by atoms with Crippen LogP contribution >= 0.6 is 0 Å². The standard InChI is InChI=1S/C16H26N2O4/c1-8-10-11(14(19)21-9-2)13(18(6)7)17-12(10)15(20)22-16(3,4)5/h17H,8-9H2,1-7H3. The fourth-order valence-corrected chi connectivity index (χ4v) is 2.14. The van der Waals surface area contributed by atoms with Gasteiger partial charge in [-0.25, -0.2) is 9.59 Å². The molecule has 1 aromatic rings. The molecule has 0 aliphatic rings. The first-order chi connectivity index (χ1) is 10.1. The summed E-state index contributed by atoms with van der Waals surface area (Å²) in [5, 5.41) is 0. The molecule has 0 atom stereocenters. The van der Waals surface area contributed by atoms with Gasteiger partial charge >= 0.3 is 11.9 Å². The number of nitrogens with one attached hydrogen (secondary N) is 1. The van der Waals surface area contributed by atoms with E-state index in [2.05, 4.69) is 4.98 Å².